The van der Waals surface area contributed by atoms with Crippen molar-refractivity contribution in [3.8, 4) is 5.75 Å². The smallest absolute Gasteiger partial charge is 0.341 e. The Morgan fingerprint density at radius 2 is 2.30 bits per heavy atom. The van der Waals surface area contributed by atoms with Crippen molar-refractivity contribution in [2.45, 2.75) is 19.5 Å². The van der Waals surface area contributed by atoms with E-state index in [0.717, 1.165) is 18.1 Å². The van der Waals surface area contributed by atoms with Crippen molar-refractivity contribution < 1.29 is 14.3 Å². The second kappa shape index (κ2) is 6.27. The lowest BCUT2D eigenvalue weighted by Gasteiger charge is -2.11. The van der Waals surface area contributed by atoms with Crippen LogP contribution in [0, 0.1) is 0 Å². The molecule has 1 atom stereocenters. The second-order valence-corrected chi connectivity index (χ2v) is 4.61. The van der Waals surface area contributed by atoms with Crippen LogP contribution in [-0.4, -0.2) is 38.7 Å². The molecule has 0 fully saturated rings. The van der Waals surface area contributed by atoms with Crippen LogP contribution in [0.3, 0.4) is 0 Å². The van der Waals surface area contributed by atoms with Crippen molar-refractivity contribution in [2.24, 2.45) is 4.99 Å². The molecule has 6 nitrogen and oxygen atoms in total. The highest BCUT2D eigenvalue weighted by Crippen LogP contribution is 2.21. The zero-order chi connectivity index (χ0) is 14.5. The van der Waals surface area contributed by atoms with Gasteiger partial charge >= 0.3 is 5.97 Å². The average Bonchev–Trinajstić information content (AvgIpc) is 2.89. The van der Waals surface area contributed by atoms with E-state index in [0.29, 0.717) is 23.9 Å². The molecule has 6 heteroatoms. The Hall–Kier alpha value is -2.24. The molecule has 0 amide bonds. The number of nitrogens with zero attached hydrogens (tertiary/aromatic N) is 1. The first-order valence-electron chi connectivity index (χ1n) is 6.44. The number of carbonyl (C=O) groups is 1. The predicted molar refractivity (Wildman–Crippen MR) is 76.1 cm³/mol. The van der Waals surface area contributed by atoms with Crippen LogP contribution in [-0.2, 0) is 11.3 Å². The second-order valence-electron chi connectivity index (χ2n) is 4.61. The molecule has 0 aromatic heterocycles. The molecule has 0 aliphatic carbocycles. The average molecular weight is 277 g/mol. The lowest BCUT2D eigenvalue weighted by molar-refractivity contribution is 0.0597. The van der Waals surface area contributed by atoms with E-state index < -0.39 is 5.97 Å². The molecule has 0 saturated heterocycles. The van der Waals surface area contributed by atoms with Crippen LogP contribution >= 0.6 is 0 Å². The van der Waals surface area contributed by atoms with Gasteiger partial charge < -0.3 is 20.1 Å². The SMILES string of the molecule is COC(=O)c1ccc(CNC2=NCC(C)N2)cc1OC. The summed E-state index contributed by atoms with van der Waals surface area (Å²) < 4.78 is 9.93. The largest absolute Gasteiger partial charge is 0.496 e. The summed E-state index contributed by atoms with van der Waals surface area (Å²) in [6, 6.07) is 5.75. The van der Waals surface area contributed by atoms with Crippen molar-refractivity contribution in [1.82, 2.24) is 10.6 Å². The zero-order valence-corrected chi connectivity index (χ0v) is 11.9. The molecule has 2 N–H and O–H groups in total. The van der Waals surface area contributed by atoms with Gasteiger partial charge in [0.15, 0.2) is 5.96 Å². The number of benzene rings is 1. The molecule has 0 radical (unpaired) electrons. The third-order valence-corrected chi connectivity index (χ3v) is 3.04. The Morgan fingerprint density at radius 1 is 1.50 bits per heavy atom. The number of esters is 1. The van der Waals surface area contributed by atoms with E-state index in [2.05, 4.69) is 22.5 Å². The predicted octanol–water partition coefficient (Wildman–Crippen LogP) is 0.919. The van der Waals surface area contributed by atoms with Crippen molar-refractivity contribution in [1.29, 1.82) is 0 Å². The minimum absolute atomic E-state index is 0.369. The summed E-state index contributed by atoms with van der Waals surface area (Å²) in [5.41, 5.74) is 1.42. The fourth-order valence-corrected chi connectivity index (χ4v) is 1.97. The Morgan fingerprint density at radius 3 is 2.90 bits per heavy atom. The summed E-state index contributed by atoms with van der Waals surface area (Å²) in [7, 11) is 2.88. The molecule has 0 saturated carbocycles. The van der Waals surface area contributed by atoms with Gasteiger partial charge in [-0.2, -0.15) is 0 Å². The summed E-state index contributed by atoms with van der Waals surface area (Å²) in [4.78, 5) is 15.9. The van der Waals surface area contributed by atoms with Crippen LogP contribution in [0.15, 0.2) is 23.2 Å². The van der Waals surface area contributed by atoms with Crippen molar-refractivity contribution in [3.63, 3.8) is 0 Å². The quantitative estimate of drug-likeness (QED) is 0.801. The first-order valence-corrected chi connectivity index (χ1v) is 6.44. The van der Waals surface area contributed by atoms with Gasteiger partial charge in [-0.1, -0.05) is 6.07 Å². The van der Waals surface area contributed by atoms with Gasteiger partial charge in [-0.25, -0.2) is 4.79 Å². The van der Waals surface area contributed by atoms with Gasteiger partial charge in [0.2, 0.25) is 0 Å². The first-order chi connectivity index (χ1) is 9.63. The molecule has 1 aliphatic heterocycles. The normalized spacial score (nSPS) is 17.1. The Labute approximate surface area is 118 Å². The summed E-state index contributed by atoms with van der Waals surface area (Å²) in [5, 5.41) is 6.43. The van der Waals surface area contributed by atoms with Gasteiger partial charge in [0.1, 0.15) is 11.3 Å². The van der Waals surface area contributed by atoms with Crippen molar-refractivity contribution in [3.05, 3.63) is 29.3 Å². The van der Waals surface area contributed by atoms with Crippen LogP contribution in [0.25, 0.3) is 0 Å². The molecule has 0 spiro atoms. The molecule has 1 aliphatic rings. The van der Waals surface area contributed by atoms with Crippen LogP contribution < -0.4 is 15.4 Å². The number of hydrogen-bond acceptors (Lipinski definition) is 6. The minimum Gasteiger partial charge on any atom is -0.496 e. The number of ether oxygens (including phenoxy) is 2. The fraction of sp³-hybridized carbons (Fsp3) is 0.429. The van der Waals surface area contributed by atoms with E-state index in [1.165, 1.54) is 14.2 Å². The van der Waals surface area contributed by atoms with Crippen LogP contribution in [0.4, 0.5) is 0 Å². The highest BCUT2D eigenvalue weighted by atomic mass is 16.5. The molecule has 108 valence electrons. The van der Waals surface area contributed by atoms with E-state index in [1.54, 1.807) is 6.07 Å². The Balaban J connectivity index is 2.04. The van der Waals surface area contributed by atoms with E-state index in [1.807, 2.05) is 12.1 Å². The maximum absolute atomic E-state index is 11.6. The Kier molecular flexibility index (Phi) is 4.45. The highest BCUT2D eigenvalue weighted by molar-refractivity contribution is 5.92. The maximum atomic E-state index is 11.6. The first kappa shape index (κ1) is 14.2. The summed E-state index contributed by atoms with van der Waals surface area (Å²) in [6.07, 6.45) is 0. The molecule has 2 rings (SSSR count). The van der Waals surface area contributed by atoms with E-state index in [4.69, 9.17) is 9.47 Å². The molecular weight excluding hydrogens is 258 g/mol. The number of aliphatic imine (C=N–C) groups is 1. The third kappa shape index (κ3) is 3.20. The summed E-state index contributed by atoms with van der Waals surface area (Å²) >= 11 is 0. The standard InChI is InChI=1S/C14H19N3O3/c1-9-7-15-14(17-9)16-8-10-4-5-11(13(18)20-3)12(6-10)19-2/h4-6,9H,7-8H2,1-3H3,(H2,15,16,17). The van der Waals surface area contributed by atoms with E-state index in [9.17, 15) is 4.79 Å². The van der Waals surface area contributed by atoms with Crippen molar-refractivity contribution >= 4 is 11.9 Å². The van der Waals surface area contributed by atoms with E-state index in [-0.39, 0.29) is 0 Å². The number of nitrogens with one attached hydrogen (secondary N) is 2. The molecule has 20 heavy (non-hydrogen) atoms. The Bertz CT molecular complexity index is 528. The number of rotatable bonds is 4. The molecule has 0 bridgehead atoms. The van der Waals surface area contributed by atoms with E-state index >= 15 is 0 Å². The lowest BCUT2D eigenvalue weighted by Crippen LogP contribution is -2.37. The summed E-state index contributed by atoms with van der Waals surface area (Å²) in [6.45, 7) is 3.47. The molecular formula is C14H19N3O3. The fourth-order valence-electron chi connectivity index (χ4n) is 1.97. The number of methoxy groups -OCH3 is 2. The van der Waals surface area contributed by atoms with Gasteiger partial charge in [-0.3, -0.25) is 4.99 Å². The van der Waals surface area contributed by atoms with Crippen molar-refractivity contribution in [2.75, 3.05) is 20.8 Å². The van der Waals surface area contributed by atoms with Crippen LogP contribution in [0.1, 0.15) is 22.8 Å². The van der Waals surface area contributed by atoms with Crippen LogP contribution in [0.2, 0.25) is 0 Å². The van der Waals surface area contributed by atoms with Gasteiger partial charge in [-0.05, 0) is 24.6 Å². The molecule has 1 aromatic rings. The maximum Gasteiger partial charge on any atom is 0.341 e. The molecule has 1 aromatic carbocycles. The van der Waals surface area contributed by atoms with Gasteiger partial charge in [0.25, 0.3) is 0 Å². The zero-order valence-electron chi connectivity index (χ0n) is 11.9. The molecule has 1 unspecified atom stereocenters. The molecule has 1 heterocycles. The van der Waals surface area contributed by atoms with Gasteiger partial charge in [0.05, 0.1) is 20.8 Å². The minimum atomic E-state index is -0.406. The monoisotopic (exact) mass is 277 g/mol. The summed E-state index contributed by atoms with van der Waals surface area (Å²) in [5.74, 6) is 0.899. The highest BCUT2D eigenvalue weighted by Gasteiger charge is 2.14. The number of guanidine groups is 1. The third-order valence-electron chi connectivity index (χ3n) is 3.04. The number of carbonyl (C=O) groups excluding carboxylic acids is 1. The topological polar surface area (TPSA) is 72.0 Å². The lowest BCUT2D eigenvalue weighted by atomic mass is 10.1. The van der Waals surface area contributed by atoms with Gasteiger partial charge in [-0.15, -0.1) is 0 Å². The number of hydrogen-bond donors (Lipinski definition) is 2. The van der Waals surface area contributed by atoms with Gasteiger partial charge in [0, 0.05) is 12.6 Å². The van der Waals surface area contributed by atoms with Crippen LogP contribution in [0.5, 0.6) is 5.75 Å².